The topological polar surface area (TPSA) is 41.1 Å². The summed E-state index contributed by atoms with van der Waals surface area (Å²) in [5.74, 6) is 0.672. The van der Waals surface area contributed by atoms with E-state index in [-0.39, 0.29) is 17.7 Å². The maximum absolute atomic E-state index is 14.5. The van der Waals surface area contributed by atoms with Crippen molar-refractivity contribution >= 4 is 11.6 Å². The van der Waals surface area contributed by atoms with E-state index in [9.17, 15) is 4.79 Å². The summed E-state index contributed by atoms with van der Waals surface area (Å²) in [7, 11) is 2.12. The molecule has 4 nitrogen and oxygen atoms in total. The Morgan fingerprint density at radius 1 is 0.679 bits per heavy atom. The second-order valence-electron chi connectivity index (χ2n) is 15.8. The predicted octanol–water partition coefficient (Wildman–Crippen LogP) is 11.7. The van der Waals surface area contributed by atoms with Crippen molar-refractivity contribution in [3.8, 4) is 11.1 Å². The van der Waals surface area contributed by atoms with E-state index < -0.39 is 5.54 Å². The van der Waals surface area contributed by atoms with Gasteiger partial charge in [0.1, 0.15) is 13.1 Å². The lowest BCUT2D eigenvalue weighted by Gasteiger charge is -2.44. The van der Waals surface area contributed by atoms with Gasteiger partial charge in [0.2, 0.25) is 0 Å². The summed E-state index contributed by atoms with van der Waals surface area (Å²) in [6, 6.07) is 61.7. The first kappa shape index (κ1) is 38.7. The van der Waals surface area contributed by atoms with Gasteiger partial charge in [-0.2, -0.15) is 5.43 Å². The zero-order valence-corrected chi connectivity index (χ0v) is 33.2. The van der Waals surface area contributed by atoms with Gasteiger partial charge in [0.25, 0.3) is 5.91 Å². The molecule has 0 fully saturated rings. The zero-order valence-electron chi connectivity index (χ0n) is 33.2. The molecule has 7 rings (SSSR count). The molecule has 56 heavy (non-hydrogen) atoms. The fourth-order valence-corrected chi connectivity index (χ4v) is 9.16. The summed E-state index contributed by atoms with van der Waals surface area (Å²) < 4.78 is 0.645. The molecule has 1 heterocycles. The first-order valence-corrected chi connectivity index (χ1v) is 20.4. The average Bonchev–Trinajstić information content (AvgIpc) is 3.43. The number of hydrogen-bond acceptors (Lipinski definition) is 2. The second-order valence-corrected chi connectivity index (χ2v) is 15.8. The van der Waals surface area contributed by atoms with E-state index in [1.165, 1.54) is 28.0 Å². The molecule has 0 saturated carbocycles. The van der Waals surface area contributed by atoms with Crippen LogP contribution < -0.4 is 10.7 Å². The molecule has 3 atom stereocenters. The minimum absolute atomic E-state index is 0.0605. The molecule has 0 aliphatic carbocycles. The van der Waals surface area contributed by atoms with Crippen molar-refractivity contribution in [2.24, 2.45) is 17.8 Å². The van der Waals surface area contributed by atoms with Crippen LogP contribution in [0, 0.1) is 17.8 Å². The maximum atomic E-state index is 14.5. The number of quaternary nitrogens is 1. The Kier molecular flexibility index (Phi) is 12.4. The van der Waals surface area contributed by atoms with Gasteiger partial charge in [-0.25, -0.2) is 4.59 Å². The summed E-state index contributed by atoms with van der Waals surface area (Å²) in [5.41, 5.74) is 12.3. The average molecular weight is 739 g/mol. The van der Waals surface area contributed by atoms with Crippen molar-refractivity contribution in [3.63, 3.8) is 0 Å². The Morgan fingerprint density at radius 2 is 1.20 bits per heavy atom. The van der Waals surface area contributed by atoms with Crippen molar-refractivity contribution in [2.75, 3.05) is 13.6 Å². The highest BCUT2D eigenvalue weighted by atomic mass is 16.1. The standard InChI is InChI=1S/C52H55N3O/c1-40(2)36-47(52(45-29-15-7-16-30-45,46-31-17-8-18-32-46)54-51(56)44-27-13-6-14-28-44)37-42-24-21-35-55(53-3,39-41-22-9-4-10-23-41)50(38-42)49-34-20-19-33-48(49)43-25-11-5-12-26-43/h4-20,22-23,25-34,38,40,42,47,53H,21,24,35-37,39H2,1-3H3/p+1/t42?,47-,55?/m1/s1. The van der Waals surface area contributed by atoms with Gasteiger partial charge in [-0.05, 0) is 90.0 Å². The zero-order chi connectivity index (χ0) is 38.8. The Hall–Kier alpha value is -5.55. The van der Waals surface area contributed by atoms with E-state index in [0.717, 1.165) is 49.9 Å². The smallest absolute Gasteiger partial charge is 0.252 e. The number of rotatable bonds is 14. The second kappa shape index (κ2) is 17.9. The molecule has 284 valence electrons. The van der Waals surface area contributed by atoms with Gasteiger partial charge < -0.3 is 5.32 Å². The van der Waals surface area contributed by atoms with Crippen LogP contribution in [-0.4, -0.2) is 24.1 Å². The van der Waals surface area contributed by atoms with Crippen molar-refractivity contribution < 1.29 is 9.39 Å². The van der Waals surface area contributed by atoms with Crippen LogP contribution in [0.4, 0.5) is 0 Å². The van der Waals surface area contributed by atoms with Gasteiger partial charge >= 0.3 is 0 Å². The van der Waals surface area contributed by atoms with Crippen LogP contribution >= 0.6 is 0 Å². The van der Waals surface area contributed by atoms with Crippen molar-refractivity contribution in [3.05, 3.63) is 210 Å². The molecular weight excluding hydrogens is 683 g/mol. The number of nitrogens with one attached hydrogen (secondary N) is 2. The van der Waals surface area contributed by atoms with Gasteiger partial charge in [0, 0.05) is 23.7 Å². The Balaban J connectivity index is 1.41. The third kappa shape index (κ3) is 8.48. The first-order valence-electron chi connectivity index (χ1n) is 20.4. The Morgan fingerprint density at radius 3 is 1.77 bits per heavy atom. The largest absolute Gasteiger partial charge is 0.338 e. The monoisotopic (exact) mass is 738 g/mol. The molecule has 2 unspecified atom stereocenters. The Bertz CT molecular complexity index is 2130. The molecule has 0 bridgehead atoms. The van der Waals surface area contributed by atoms with Crippen LogP contribution in [0.2, 0.25) is 0 Å². The highest BCUT2D eigenvalue weighted by molar-refractivity contribution is 5.95. The van der Waals surface area contributed by atoms with E-state index in [4.69, 9.17) is 0 Å². The van der Waals surface area contributed by atoms with Crippen LogP contribution in [0.1, 0.15) is 72.1 Å². The lowest BCUT2D eigenvalue weighted by Crippen LogP contribution is -2.54. The van der Waals surface area contributed by atoms with Gasteiger partial charge in [-0.3, -0.25) is 4.79 Å². The number of allylic oxidation sites excluding steroid dienone is 1. The van der Waals surface area contributed by atoms with Gasteiger partial charge in [-0.1, -0.05) is 172 Å². The molecule has 1 amide bonds. The van der Waals surface area contributed by atoms with Crippen molar-refractivity contribution in [2.45, 2.75) is 51.6 Å². The number of carbonyl (C=O) groups is 1. The van der Waals surface area contributed by atoms with Gasteiger partial charge in [0.05, 0.1) is 5.54 Å². The fraction of sp³-hybridized carbons (Fsp3) is 0.250. The van der Waals surface area contributed by atoms with E-state index in [1.807, 2.05) is 30.3 Å². The minimum atomic E-state index is -0.777. The minimum Gasteiger partial charge on any atom is -0.338 e. The van der Waals surface area contributed by atoms with E-state index in [1.54, 1.807) is 0 Å². The Labute approximate surface area is 334 Å². The number of carbonyl (C=O) groups excluding carboxylic acids is 1. The van der Waals surface area contributed by atoms with E-state index in [2.05, 4.69) is 183 Å². The van der Waals surface area contributed by atoms with Crippen LogP contribution in [0.3, 0.4) is 0 Å². The van der Waals surface area contributed by atoms with Crippen molar-refractivity contribution in [1.29, 1.82) is 0 Å². The van der Waals surface area contributed by atoms with Crippen LogP contribution in [0.25, 0.3) is 16.8 Å². The molecule has 0 aromatic heterocycles. The molecule has 0 saturated heterocycles. The van der Waals surface area contributed by atoms with Crippen LogP contribution in [0.5, 0.6) is 0 Å². The number of benzene rings is 6. The molecule has 1 aliphatic heterocycles. The molecule has 6 aromatic rings. The van der Waals surface area contributed by atoms with E-state index in [0.29, 0.717) is 16.1 Å². The summed E-state index contributed by atoms with van der Waals surface area (Å²) in [5, 5.41) is 3.75. The molecule has 0 radical (unpaired) electrons. The molecule has 1 aliphatic rings. The van der Waals surface area contributed by atoms with Crippen LogP contribution in [0.15, 0.2) is 182 Å². The normalized spacial score (nSPS) is 17.8. The molecule has 2 N–H and O–H groups in total. The summed E-state index contributed by atoms with van der Waals surface area (Å²) >= 11 is 0. The third-order valence-corrected chi connectivity index (χ3v) is 11.7. The molecule has 4 heteroatoms. The predicted molar refractivity (Wildman–Crippen MR) is 232 cm³/mol. The SMILES string of the molecule is CN[N+]1(Cc2ccccc2)CCCC(C[C@@H](CC(C)C)C(NC(=O)c2ccccc2)(c2ccccc2)c2ccccc2)C=C1c1ccccc1-c1ccccc1. The van der Waals surface area contributed by atoms with Crippen LogP contribution in [-0.2, 0) is 12.1 Å². The molecule has 0 spiro atoms. The fourth-order valence-electron chi connectivity index (χ4n) is 9.16. The lowest BCUT2D eigenvalue weighted by molar-refractivity contribution is -0.915. The molecular formula is C52H56N3O+. The summed E-state index contributed by atoms with van der Waals surface area (Å²) in [4.78, 5) is 14.5. The number of amides is 1. The van der Waals surface area contributed by atoms with Gasteiger partial charge in [-0.15, -0.1) is 0 Å². The quantitative estimate of drug-likeness (QED) is 0.109. The molecule has 6 aromatic carbocycles. The van der Waals surface area contributed by atoms with Crippen molar-refractivity contribution in [1.82, 2.24) is 10.7 Å². The summed E-state index contributed by atoms with van der Waals surface area (Å²) in [6.07, 6.45) is 6.56. The highest BCUT2D eigenvalue weighted by Gasteiger charge is 2.46. The number of nitrogens with zero attached hydrogens (tertiary/aromatic N) is 1. The van der Waals surface area contributed by atoms with Gasteiger partial charge in [0.15, 0.2) is 5.70 Å². The maximum Gasteiger partial charge on any atom is 0.252 e. The number of hydrogen-bond donors (Lipinski definition) is 2. The van der Waals surface area contributed by atoms with E-state index >= 15 is 0 Å². The summed E-state index contributed by atoms with van der Waals surface area (Å²) in [6.45, 7) is 6.43. The first-order chi connectivity index (χ1) is 27.4. The highest BCUT2D eigenvalue weighted by Crippen LogP contribution is 2.46. The third-order valence-electron chi connectivity index (χ3n) is 11.7. The lowest BCUT2D eigenvalue weighted by atomic mass is 9.66.